The molecule has 1 aliphatic heterocycles. The number of allylic oxidation sites excluding steroid dienone is 3. The molecule has 1 unspecified atom stereocenters. The number of carbonyl (C=O) groups is 2. The third-order valence-electron chi connectivity index (χ3n) is 5.62. The van der Waals surface area contributed by atoms with E-state index < -0.39 is 5.92 Å². The lowest BCUT2D eigenvalue weighted by Crippen LogP contribution is -2.17. The quantitative estimate of drug-likeness (QED) is 0.616. The van der Waals surface area contributed by atoms with Crippen LogP contribution in [-0.2, 0) is 11.3 Å². The molecule has 162 valence electrons. The number of nitrogens with zero attached hydrogens (tertiary/aromatic N) is 4. The third-order valence-corrected chi connectivity index (χ3v) is 5.62. The topological polar surface area (TPSA) is 88.7 Å². The van der Waals surface area contributed by atoms with Crippen molar-refractivity contribution in [2.24, 2.45) is 16.1 Å². The molecule has 2 amide bonds. The van der Waals surface area contributed by atoms with Crippen LogP contribution in [0.4, 0.5) is 5.69 Å². The van der Waals surface area contributed by atoms with Crippen molar-refractivity contribution in [2.45, 2.75) is 13.5 Å². The van der Waals surface area contributed by atoms with Gasteiger partial charge in [-0.25, -0.2) is 0 Å². The molecule has 0 bridgehead atoms. The van der Waals surface area contributed by atoms with E-state index in [1.54, 1.807) is 18.2 Å². The van der Waals surface area contributed by atoms with Gasteiger partial charge in [0.05, 0.1) is 18.2 Å². The Morgan fingerprint density at radius 3 is 2.61 bits per heavy atom. The van der Waals surface area contributed by atoms with Gasteiger partial charge in [-0.1, -0.05) is 66.8 Å². The Morgan fingerprint density at radius 2 is 1.82 bits per heavy atom. The molecule has 1 aromatic heterocycles. The van der Waals surface area contributed by atoms with Crippen molar-refractivity contribution in [1.82, 2.24) is 9.78 Å². The molecule has 1 aliphatic carbocycles. The van der Waals surface area contributed by atoms with Gasteiger partial charge >= 0.3 is 0 Å². The Balaban J connectivity index is 1.31. The van der Waals surface area contributed by atoms with Gasteiger partial charge in [-0.15, -0.1) is 10.2 Å². The number of anilines is 1. The summed E-state index contributed by atoms with van der Waals surface area (Å²) in [5.74, 6) is -0.931. The molecule has 0 saturated heterocycles. The van der Waals surface area contributed by atoms with Gasteiger partial charge in [-0.2, -0.15) is 5.10 Å². The summed E-state index contributed by atoms with van der Waals surface area (Å²) in [5, 5.41) is 15.3. The van der Waals surface area contributed by atoms with E-state index >= 15 is 0 Å². The molecule has 0 spiro atoms. The number of nitrogens with one attached hydrogen (secondary N) is 1. The van der Waals surface area contributed by atoms with Crippen LogP contribution in [0.3, 0.4) is 0 Å². The van der Waals surface area contributed by atoms with Gasteiger partial charge in [0, 0.05) is 16.9 Å². The van der Waals surface area contributed by atoms with Gasteiger partial charge in [0.15, 0.2) is 5.69 Å². The fourth-order valence-corrected chi connectivity index (χ4v) is 3.87. The highest BCUT2D eigenvalue weighted by atomic mass is 16.2. The van der Waals surface area contributed by atoms with Crippen molar-refractivity contribution in [3.05, 3.63) is 113 Å². The van der Waals surface area contributed by atoms with E-state index in [0.717, 1.165) is 22.4 Å². The second-order valence-electron chi connectivity index (χ2n) is 7.91. The Labute approximate surface area is 190 Å². The number of benzene rings is 2. The monoisotopic (exact) mass is 435 g/mol. The molecule has 7 heteroatoms. The van der Waals surface area contributed by atoms with Crippen LogP contribution in [0.25, 0.3) is 5.70 Å². The summed E-state index contributed by atoms with van der Waals surface area (Å²) in [6.45, 7) is 2.54. The molecular formula is C26H21N5O2. The minimum absolute atomic E-state index is 0.264. The molecule has 7 nitrogen and oxygen atoms in total. The maximum absolute atomic E-state index is 12.8. The van der Waals surface area contributed by atoms with Crippen LogP contribution < -0.4 is 5.32 Å². The van der Waals surface area contributed by atoms with Gasteiger partial charge in [0.1, 0.15) is 0 Å². The minimum Gasteiger partial charge on any atom is -0.321 e. The summed E-state index contributed by atoms with van der Waals surface area (Å²) < 4.78 is 1.82. The number of azo groups is 1. The zero-order valence-corrected chi connectivity index (χ0v) is 18.0. The molecule has 0 fully saturated rings. The molecule has 2 aromatic carbocycles. The second kappa shape index (κ2) is 8.63. The number of rotatable bonds is 5. The molecule has 33 heavy (non-hydrogen) atoms. The number of amides is 2. The number of carbonyl (C=O) groups excluding carboxylic acids is 2. The lowest BCUT2D eigenvalue weighted by molar-refractivity contribution is -0.119. The molecule has 1 atom stereocenters. The number of aryl methyl sites for hydroxylation is 1. The fraction of sp³-hybridized carbons (Fsp3) is 0.115. The molecule has 1 N–H and O–H groups in total. The Kier molecular flexibility index (Phi) is 5.36. The smallest absolute Gasteiger partial charge is 0.276 e. The van der Waals surface area contributed by atoms with Crippen LogP contribution in [0.15, 0.2) is 101 Å². The number of hydrogen-bond acceptors (Lipinski definition) is 4. The second-order valence-corrected chi connectivity index (χ2v) is 7.91. The maximum Gasteiger partial charge on any atom is 0.276 e. The Bertz CT molecular complexity index is 1350. The summed E-state index contributed by atoms with van der Waals surface area (Å²) in [4.78, 5) is 24.8. The van der Waals surface area contributed by atoms with Crippen molar-refractivity contribution < 1.29 is 9.59 Å². The van der Waals surface area contributed by atoms with Crippen LogP contribution in [0.2, 0.25) is 0 Å². The first-order chi connectivity index (χ1) is 16.1. The standard InChI is InChI=1S/C26H21N5O2/c1-17-15-23(30-31(17)16-18-7-3-2-4-8-18)26(33)27-20-13-11-19(12-14-20)24-21-9-5-6-10-22(21)25(32)29-28-24/h2-15,22H,16H2,1H3,(H,27,33). The van der Waals surface area contributed by atoms with Crippen molar-refractivity contribution in [3.8, 4) is 0 Å². The van der Waals surface area contributed by atoms with Crippen molar-refractivity contribution in [2.75, 3.05) is 5.32 Å². The summed E-state index contributed by atoms with van der Waals surface area (Å²) in [5.41, 5.74) is 5.35. The van der Waals surface area contributed by atoms with Gasteiger partial charge in [0.25, 0.3) is 11.8 Å². The Hall–Kier alpha value is -4.39. The van der Waals surface area contributed by atoms with Crippen molar-refractivity contribution in [1.29, 1.82) is 0 Å². The highest BCUT2D eigenvalue weighted by Crippen LogP contribution is 2.34. The molecule has 5 rings (SSSR count). The van der Waals surface area contributed by atoms with Crippen LogP contribution in [0.1, 0.15) is 27.3 Å². The zero-order valence-electron chi connectivity index (χ0n) is 18.0. The zero-order chi connectivity index (χ0) is 22.8. The molecular weight excluding hydrogens is 414 g/mol. The molecule has 2 aliphatic rings. The van der Waals surface area contributed by atoms with E-state index in [1.807, 2.05) is 78.4 Å². The van der Waals surface area contributed by atoms with E-state index in [2.05, 4.69) is 20.6 Å². The van der Waals surface area contributed by atoms with Gasteiger partial charge in [-0.05, 0) is 36.3 Å². The Morgan fingerprint density at radius 1 is 1.03 bits per heavy atom. The average molecular weight is 435 g/mol. The first kappa shape index (κ1) is 20.5. The summed E-state index contributed by atoms with van der Waals surface area (Å²) >= 11 is 0. The normalized spacial score (nSPS) is 16.8. The van der Waals surface area contributed by atoms with Crippen LogP contribution in [-0.4, -0.2) is 21.6 Å². The van der Waals surface area contributed by atoms with E-state index in [4.69, 9.17) is 0 Å². The van der Waals surface area contributed by atoms with Gasteiger partial charge in [0.2, 0.25) is 0 Å². The average Bonchev–Trinajstić information content (AvgIpc) is 3.21. The summed E-state index contributed by atoms with van der Waals surface area (Å²) in [6.07, 6.45) is 7.43. The first-order valence-corrected chi connectivity index (χ1v) is 10.6. The number of fused-ring (bicyclic) bond motifs is 1. The van der Waals surface area contributed by atoms with E-state index in [1.165, 1.54) is 0 Å². The maximum atomic E-state index is 12.8. The van der Waals surface area contributed by atoms with Crippen LogP contribution in [0, 0.1) is 12.8 Å². The third kappa shape index (κ3) is 4.21. The predicted octanol–water partition coefficient (Wildman–Crippen LogP) is 4.94. The minimum atomic E-state index is -0.392. The molecule has 0 radical (unpaired) electrons. The van der Waals surface area contributed by atoms with E-state index in [0.29, 0.717) is 23.6 Å². The van der Waals surface area contributed by atoms with E-state index in [9.17, 15) is 9.59 Å². The number of hydrogen-bond donors (Lipinski definition) is 1. The SMILES string of the molecule is Cc1cc(C(=O)Nc2ccc(C3=C4C=CC=CC4C(=O)N=N3)cc2)nn1Cc1ccccc1. The number of aromatic nitrogens is 2. The first-order valence-electron chi connectivity index (χ1n) is 10.6. The van der Waals surface area contributed by atoms with E-state index in [-0.39, 0.29) is 11.8 Å². The lowest BCUT2D eigenvalue weighted by Gasteiger charge is -2.19. The van der Waals surface area contributed by atoms with Crippen LogP contribution >= 0.6 is 0 Å². The van der Waals surface area contributed by atoms with Gasteiger partial charge in [-0.3, -0.25) is 14.3 Å². The lowest BCUT2D eigenvalue weighted by atomic mass is 9.89. The molecule has 3 aromatic rings. The summed E-state index contributed by atoms with van der Waals surface area (Å²) in [6, 6.07) is 19.1. The molecule has 0 saturated carbocycles. The fourth-order valence-electron chi connectivity index (χ4n) is 3.87. The predicted molar refractivity (Wildman–Crippen MR) is 125 cm³/mol. The largest absolute Gasteiger partial charge is 0.321 e. The van der Waals surface area contributed by atoms with Gasteiger partial charge < -0.3 is 5.32 Å². The molecule has 2 heterocycles. The van der Waals surface area contributed by atoms with Crippen molar-refractivity contribution >= 4 is 23.2 Å². The van der Waals surface area contributed by atoms with Crippen molar-refractivity contribution in [3.63, 3.8) is 0 Å². The highest BCUT2D eigenvalue weighted by Gasteiger charge is 2.27. The van der Waals surface area contributed by atoms with Crippen LogP contribution in [0.5, 0.6) is 0 Å². The summed E-state index contributed by atoms with van der Waals surface area (Å²) in [7, 11) is 0. The highest BCUT2D eigenvalue weighted by molar-refractivity contribution is 6.03.